The Bertz CT molecular complexity index is 578. The fourth-order valence-electron chi connectivity index (χ4n) is 2.57. The van der Waals surface area contributed by atoms with Crippen LogP contribution in [0.3, 0.4) is 0 Å². The van der Waals surface area contributed by atoms with Gasteiger partial charge in [0.2, 0.25) is 5.91 Å². The lowest BCUT2D eigenvalue weighted by atomic mass is 10.0. The number of nitrogens with one attached hydrogen (secondary N) is 1. The van der Waals surface area contributed by atoms with Crippen LogP contribution in [0, 0.1) is 5.92 Å². The number of nitrogens with zero attached hydrogens (tertiary/aromatic N) is 4. The molecule has 1 fully saturated rings. The Balaban J connectivity index is 1.63. The molecule has 3 rings (SSSR count). The lowest BCUT2D eigenvalue weighted by Crippen LogP contribution is -2.26. The number of imidazole rings is 1. The predicted molar refractivity (Wildman–Crippen MR) is 73.7 cm³/mol. The minimum Gasteiger partial charge on any atom is -0.343 e. The Morgan fingerprint density at radius 1 is 1.40 bits per heavy atom. The normalized spacial score (nSPS) is 18.4. The number of aromatic nitrogens is 4. The summed E-state index contributed by atoms with van der Waals surface area (Å²) in [6.07, 6.45) is 8.91. The summed E-state index contributed by atoms with van der Waals surface area (Å²) in [5, 5.41) is 0. The second-order valence-corrected chi connectivity index (χ2v) is 5.15. The minimum atomic E-state index is 0.159. The van der Waals surface area contributed by atoms with E-state index in [2.05, 4.69) is 19.9 Å². The first-order valence-electron chi connectivity index (χ1n) is 6.78. The van der Waals surface area contributed by atoms with Gasteiger partial charge in [-0.25, -0.2) is 9.97 Å². The van der Waals surface area contributed by atoms with Gasteiger partial charge in [0.1, 0.15) is 5.69 Å². The number of aromatic amines is 1. The molecule has 3 heterocycles. The number of likely N-dealkylation sites (tertiary alicyclic amines) is 1. The molecule has 2 aromatic heterocycles. The first-order valence-corrected chi connectivity index (χ1v) is 6.78. The van der Waals surface area contributed by atoms with E-state index in [1.54, 1.807) is 31.7 Å². The zero-order valence-corrected chi connectivity index (χ0v) is 11.4. The predicted octanol–water partition coefficient (Wildman–Crippen LogP) is 1.28. The van der Waals surface area contributed by atoms with Crippen molar-refractivity contribution >= 4 is 5.91 Å². The average molecular weight is 271 g/mol. The van der Waals surface area contributed by atoms with Crippen LogP contribution in [0.1, 0.15) is 19.0 Å². The van der Waals surface area contributed by atoms with Gasteiger partial charge in [0.15, 0.2) is 5.82 Å². The van der Waals surface area contributed by atoms with Gasteiger partial charge >= 0.3 is 0 Å². The summed E-state index contributed by atoms with van der Waals surface area (Å²) in [6.45, 7) is 3.31. The third-order valence-electron chi connectivity index (χ3n) is 3.68. The highest BCUT2D eigenvalue weighted by Crippen LogP contribution is 2.20. The van der Waals surface area contributed by atoms with Crippen molar-refractivity contribution in [2.45, 2.75) is 19.8 Å². The lowest BCUT2D eigenvalue weighted by Gasteiger charge is -2.13. The monoisotopic (exact) mass is 271 g/mol. The Kier molecular flexibility index (Phi) is 3.45. The van der Waals surface area contributed by atoms with Crippen LogP contribution < -0.4 is 0 Å². The largest absolute Gasteiger partial charge is 0.343 e. The van der Waals surface area contributed by atoms with Gasteiger partial charge in [-0.1, -0.05) is 0 Å². The minimum absolute atomic E-state index is 0.159. The molecular formula is C14H17N5O. The molecule has 1 atom stereocenters. The van der Waals surface area contributed by atoms with E-state index in [-0.39, 0.29) is 5.91 Å². The van der Waals surface area contributed by atoms with E-state index in [1.165, 1.54) is 0 Å². The van der Waals surface area contributed by atoms with Gasteiger partial charge in [-0.3, -0.25) is 9.78 Å². The molecule has 20 heavy (non-hydrogen) atoms. The van der Waals surface area contributed by atoms with Crippen molar-refractivity contribution in [1.82, 2.24) is 24.8 Å². The molecule has 6 nitrogen and oxygen atoms in total. The maximum Gasteiger partial charge on any atom is 0.219 e. The van der Waals surface area contributed by atoms with Gasteiger partial charge in [-0.15, -0.1) is 0 Å². The molecule has 1 aliphatic rings. The van der Waals surface area contributed by atoms with E-state index >= 15 is 0 Å². The van der Waals surface area contributed by atoms with E-state index in [0.717, 1.165) is 43.1 Å². The zero-order valence-electron chi connectivity index (χ0n) is 11.4. The van der Waals surface area contributed by atoms with E-state index in [4.69, 9.17) is 0 Å². The van der Waals surface area contributed by atoms with Crippen LogP contribution in [-0.4, -0.2) is 43.8 Å². The van der Waals surface area contributed by atoms with Gasteiger partial charge in [0.05, 0.1) is 11.9 Å². The Labute approximate surface area is 117 Å². The second kappa shape index (κ2) is 5.40. The fraction of sp³-hybridized carbons (Fsp3) is 0.429. The zero-order chi connectivity index (χ0) is 13.9. The smallest absolute Gasteiger partial charge is 0.219 e. The van der Waals surface area contributed by atoms with E-state index in [0.29, 0.717) is 5.92 Å². The van der Waals surface area contributed by atoms with Crippen molar-refractivity contribution in [2.24, 2.45) is 5.92 Å². The van der Waals surface area contributed by atoms with Crippen molar-refractivity contribution in [1.29, 1.82) is 0 Å². The molecule has 104 valence electrons. The molecule has 0 spiro atoms. The summed E-state index contributed by atoms with van der Waals surface area (Å²) in [6, 6.07) is 0. The standard InChI is InChI=1S/C14H17N5O/c1-10(20)19-5-2-11(9-19)6-12-7-18-13(8-17-12)14-15-3-4-16-14/h3-4,7-8,11H,2,5-6,9H2,1H3,(H,15,16)/t11-/m0/s1. The van der Waals surface area contributed by atoms with Crippen LogP contribution in [0.5, 0.6) is 0 Å². The lowest BCUT2D eigenvalue weighted by molar-refractivity contribution is -0.127. The number of carbonyl (C=O) groups excluding carboxylic acids is 1. The quantitative estimate of drug-likeness (QED) is 0.912. The summed E-state index contributed by atoms with van der Waals surface area (Å²) in [4.78, 5) is 29.2. The number of H-pyrrole nitrogens is 1. The number of rotatable bonds is 3. The third-order valence-corrected chi connectivity index (χ3v) is 3.68. The van der Waals surface area contributed by atoms with Crippen LogP contribution in [0.25, 0.3) is 11.5 Å². The van der Waals surface area contributed by atoms with Crippen LogP contribution in [0.15, 0.2) is 24.8 Å². The highest BCUT2D eigenvalue weighted by Gasteiger charge is 2.24. The van der Waals surface area contributed by atoms with Crippen molar-refractivity contribution < 1.29 is 4.79 Å². The highest BCUT2D eigenvalue weighted by atomic mass is 16.2. The topological polar surface area (TPSA) is 74.8 Å². The number of carbonyl (C=O) groups is 1. The average Bonchev–Trinajstić information content (AvgIpc) is 3.10. The summed E-state index contributed by atoms with van der Waals surface area (Å²) < 4.78 is 0. The van der Waals surface area contributed by atoms with E-state index < -0.39 is 0 Å². The molecule has 1 aliphatic heterocycles. The van der Waals surface area contributed by atoms with Crippen LogP contribution in [-0.2, 0) is 11.2 Å². The Morgan fingerprint density at radius 2 is 2.30 bits per heavy atom. The summed E-state index contributed by atoms with van der Waals surface area (Å²) >= 11 is 0. The molecule has 1 saturated heterocycles. The first kappa shape index (κ1) is 12.8. The van der Waals surface area contributed by atoms with Crippen molar-refractivity contribution in [3.63, 3.8) is 0 Å². The summed E-state index contributed by atoms with van der Waals surface area (Å²) in [5.74, 6) is 1.38. The molecule has 2 aromatic rings. The number of hydrogen-bond acceptors (Lipinski definition) is 4. The second-order valence-electron chi connectivity index (χ2n) is 5.15. The van der Waals surface area contributed by atoms with Crippen LogP contribution in [0.2, 0.25) is 0 Å². The van der Waals surface area contributed by atoms with Gasteiger partial charge < -0.3 is 9.88 Å². The van der Waals surface area contributed by atoms with Crippen molar-refractivity contribution in [2.75, 3.05) is 13.1 Å². The Morgan fingerprint density at radius 3 is 2.90 bits per heavy atom. The molecule has 0 radical (unpaired) electrons. The van der Waals surface area contributed by atoms with Gasteiger partial charge in [-0.2, -0.15) is 0 Å². The van der Waals surface area contributed by atoms with Crippen molar-refractivity contribution in [3.05, 3.63) is 30.5 Å². The molecule has 6 heteroatoms. The van der Waals surface area contributed by atoms with Gasteiger partial charge in [0, 0.05) is 38.6 Å². The molecule has 0 bridgehead atoms. The van der Waals surface area contributed by atoms with Crippen LogP contribution in [0.4, 0.5) is 0 Å². The summed E-state index contributed by atoms with van der Waals surface area (Å²) in [7, 11) is 0. The first-order chi connectivity index (χ1) is 9.72. The molecule has 0 aliphatic carbocycles. The molecule has 0 unspecified atom stereocenters. The number of amides is 1. The fourth-order valence-corrected chi connectivity index (χ4v) is 2.57. The Hall–Kier alpha value is -2.24. The summed E-state index contributed by atoms with van der Waals surface area (Å²) in [5.41, 5.74) is 1.71. The molecule has 1 amide bonds. The third kappa shape index (κ3) is 2.68. The molecule has 0 saturated carbocycles. The molecule has 1 N–H and O–H groups in total. The maximum absolute atomic E-state index is 11.3. The molecule has 0 aromatic carbocycles. The van der Waals surface area contributed by atoms with Gasteiger partial charge in [0.25, 0.3) is 0 Å². The van der Waals surface area contributed by atoms with E-state index in [9.17, 15) is 4.79 Å². The number of hydrogen-bond donors (Lipinski definition) is 1. The van der Waals surface area contributed by atoms with E-state index in [1.807, 2.05) is 4.90 Å². The van der Waals surface area contributed by atoms with Crippen molar-refractivity contribution in [3.8, 4) is 11.5 Å². The molecular weight excluding hydrogens is 254 g/mol. The maximum atomic E-state index is 11.3. The van der Waals surface area contributed by atoms with Crippen LogP contribution >= 0.6 is 0 Å². The van der Waals surface area contributed by atoms with Gasteiger partial charge in [-0.05, 0) is 18.8 Å². The highest BCUT2D eigenvalue weighted by molar-refractivity contribution is 5.73. The SMILES string of the molecule is CC(=O)N1CC[C@@H](Cc2cnc(-c3ncc[nH]3)cn2)C1.